The molecule has 0 aromatic carbocycles. The summed E-state index contributed by atoms with van der Waals surface area (Å²) in [6, 6.07) is 0. The van der Waals surface area contributed by atoms with Crippen molar-refractivity contribution in [2.24, 2.45) is 144 Å². The second-order valence-corrected chi connectivity index (χ2v) is 41.9. The lowest BCUT2D eigenvalue weighted by molar-refractivity contribution is -0.189. The number of fused-ring (bicyclic) bond motifs is 15. The van der Waals surface area contributed by atoms with Crippen LogP contribution in [0.1, 0.15) is 344 Å². The fourth-order valence-electron chi connectivity index (χ4n) is 27.4. The second-order valence-electron chi connectivity index (χ2n) is 41.9. The molecule has 0 radical (unpaired) electrons. The smallest absolute Gasteiger partial charge is 0.0757 e. The Bertz CT molecular complexity index is 2500. The third-order valence-electron chi connectivity index (χ3n) is 33.9. The van der Waals surface area contributed by atoms with Gasteiger partial charge < -0.3 is 30.6 Å². The minimum absolute atomic E-state index is 0.150. The first-order valence-electron chi connectivity index (χ1n) is 40.7. The van der Waals surface area contributed by atoms with Crippen molar-refractivity contribution in [3.8, 4) is 0 Å². The van der Waals surface area contributed by atoms with Gasteiger partial charge in [0.05, 0.1) is 34.6 Å². The monoisotopic (exact) mass is 1290 g/mol. The van der Waals surface area contributed by atoms with Crippen LogP contribution in [0.5, 0.6) is 0 Å². The summed E-state index contributed by atoms with van der Waals surface area (Å²) in [4.78, 5) is 0. The molecule has 12 aliphatic carbocycles. The summed E-state index contributed by atoms with van der Waals surface area (Å²) in [6.45, 7) is 50.0. The lowest BCUT2D eigenvalue weighted by Gasteiger charge is -2.63. The van der Waals surface area contributed by atoms with Gasteiger partial charge in [-0.3, -0.25) is 0 Å². The first kappa shape index (κ1) is 74.9. The zero-order valence-electron chi connectivity index (χ0n) is 64.7. The Morgan fingerprint density at radius 1 is 0.441 bits per heavy atom. The lowest BCUT2D eigenvalue weighted by Crippen LogP contribution is -2.60. The predicted octanol–water partition coefficient (Wildman–Crippen LogP) is 21.5. The molecule has 12 rings (SSSR count). The number of aliphatic hydroxyl groups excluding tert-OH is 2. The number of hydrogen-bond donors (Lipinski definition) is 6. The van der Waals surface area contributed by atoms with Crippen LogP contribution >= 0.6 is 0 Å². The standard InChI is InChI=1S/C30H52O.C29H52O2.C28H48O3/c1-9-30(31)17-16-28(7)22(19-30)18-21(3)26-24-11-10-23(20(2)12-14-27(4,5)6)29(24,8)15-13-25(26)28;1-8-29(31)16-15-27(6)20(18-29)17-24(30)25-22-10-9-21(19(2)11-13-26(3,4)5)28(22,7)14-12-23(25)27;1-7-28(31)15-14-26(5)19(17-28)16-23(29)24-21-9-8-20(18(2)10-12-25(3,4)30)27(21,6)13-11-22(24)26/h18,20-21,23-26,31H,9-17,19H2,1-8H3;19-25,30-31H,8-18H2,1-7H3;16,18,20-24,29-31H,7-15,17H2,1-6H3/t20-,21?,23-,24+,25+,26+,28+,29-,30+;19-,20+,21-,22+,23+,24+,25+,27+,28-,29+;18-,20-,21+,22+,23+,24+,26+,27-,28+/m111/s1. The van der Waals surface area contributed by atoms with E-state index in [1.807, 2.05) is 13.8 Å². The van der Waals surface area contributed by atoms with E-state index >= 15 is 0 Å². The van der Waals surface area contributed by atoms with Crippen molar-refractivity contribution in [3.63, 3.8) is 0 Å². The van der Waals surface area contributed by atoms with Crippen LogP contribution in [0.4, 0.5) is 0 Å². The lowest BCUT2D eigenvalue weighted by atomic mass is 9.43. The van der Waals surface area contributed by atoms with Gasteiger partial charge in [-0.15, -0.1) is 0 Å². The van der Waals surface area contributed by atoms with Crippen molar-refractivity contribution >= 4 is 0 Å². The van der Waals surface area contributed by atoms with E-state index < -0.39 is 22.4 Å². The Balaban J connectivity index is 0.000000153. The molecule has 6 nitrogen and oxygen atoms in total. The van der Waals surface area contributed by atoms with E-state index in [-0.39, 0.29) is 17.6 Å². The normalized spacial score (nSPS) is 49.3. The average Bonchev–Trinajstić information content (AvgIpc) is 1.42. The molecule has 93 heavy (non-hydrogen) atoms. The number of hydrogen-bond acceptors (Lipinski definition) is 6. The number of rotatable bonds is 13. The molecule has 0 aromatic heterocycles. The summed E-state index contributed by atoms with van der Waals surface area (Å²) in [6.07, 6.45) is 40.2. The zero-order chi connectivity index (χ0) is 68.5. The van der Waals surface area contributed by atoms with Gasteiger partial charge in [0, 0.05) is 0 Å². The molecule has 0 saturated heterocycles. The van der Waals surface area contributed by atoms with Gasteiger partial charge >= 0.3 is 0 Å². The zero-order valence-corrected chi connectivity index (χ0v) is 64.7. The molecule has 10 fully saturated rings. The summed E-state index contributed by atoms with van der Waals surface area (Å²) in [5, 5.41) is 66.2. The number of allylic oxidation sites excluding steroid dienone is 1. The molecule has 0 spiro atoms. The van der Waals surface area contributed by atoms with E-state index in [0.717, 1.165) is 131 Å². The maximum atomic E-state index is 11.5. The van der Waals surface area contributed by atoms with E-state index in [1.165, 1.54) is 115 Å². The Labute approximate surface area is 573 Å². The fourth-order valence-corrected chi connectivity index (χ4v) is 27.4. The van der Waals surface area contributed by atoms with Crippen LogP contribution < -0.4 is 0 Å². The molecule has 0 amide bonds. The van der Waals surface area contributed by atoms with E-state index in [9.17, 15) is 30.6 Å². The molecule has 536 valence electrons. The van der Waals surface area contributed by atoms with Crippen LogP contribution in [0.3, 0.4) is 0 Å². The quantitative estimate of drug-likeness (QED) is 0.102. The van der Waals surface area contributed by atoms with Gasteiger partial charge in [-0.1, -0.05) is 155 Å². The SMILES string of the molecule is CC[C@]1(O)CC[C@@]2(C)C(=CC(C)[C@H]3[C@@H]4CC[C@H]([C@H](C)CCC(C)(C)C)[C@@]4(C)CC[C@@H]32)C1.CC[C@]1(O)CC[C@@]2(C)C(=C[C@H](O)[C@H]3[C@@H]4CC[C@H]([C@H](C)CCC(C)(C)O)[C@@]4(C)CC[C@@H]32)C1.CC[C@]1(O)CC[C@@]2(C)[C@@H](C[C@H](O)[C@@H]3[C@@H]2CC[C@]2(C)[C@@H]([C@H](C)CCC(C)(C)C)CC[C@@H]32)C1. The summed E-state index contributed by atoms with van der Waals surface area (Å²) < 4.78 is 0. The first-order chi connectivity index (χ1) is 43.0. The maximum absolute atomic E-state index is 11.5. The molecular formula is C87H152O6. The molecule has 0 aliphatic heterocycles. The fraction of sp³-hybridized carbons (Fsp3) is 0.954. The first-order valence-corrected chi connectivity index (χ1v) is 40.7. The van der Waals surface area contributed by atoms with Crippen LogP contribution in [0.15, 0.2) is 23.3 Å². The summed E-state index contributed by atoms with van der Waals surface area (Å²) in [5.74, 6) is 11.9. The highest BCUT2D eigenvalue weighted by Gasteiger charge is 2.66. The molecular weight excluding hydrogens is 1140 g/mol. The summed E-state index contributed by atoms with van der Waals surface area (Å²) >= 11 is 0. The topological polar surface area (TPSA) is 121 Å². The Morgan fingerprint density at radius 3 is 1.25 bits per heavy atom. The van der Waals surface area contributed by atoms with Gasteiger partial charge in [0.2, 0.25) is 0 Å². The van der Waals surface area contributed by atoms with E-state index in [0.29, 0.717) is 97.1 Å². The van der Waals surface area contributed by atoms with Crippen LogP contribution in [-0.4, -0.2) is 65.3 Å². The van der Waals surface area contributed by atoms with Crippen molar-refractivity contribution in [1.29, 1.82) is 0 Å². The predicted molar refractivity (Wildman–Crippen MR) is 389 cm³/mol. The second kappa shape index (κ2) is 26.6. The number of aliphatic hydroxyl groups is 6. The van der Waals surface area contributed by atoms with Crippen molar-refractivity contribution in [2.45, 2.75) is 379 Å². The maximum Gasteiger partial charge on any atom is 0.0757 e. The van der Waals surface area contributed by atoms with Crippen molar-refractivity contribution < 1.29 is 30.6 Å². The minimum Gasteiger partial charge on any atom is -0.393 e. The van der Waals surface area contributed by atoms with Crippen molar-refractivity contribution in [1.82, 2.24) is 0 Å². The average molecular weight is 1290 g/mol. The van der Waals surface area contributed by atoms with Gasteiger partial charge in [-0.2, -0.15) is 0 Å². The summed E-state index contributed by atoms with van der Waals surface area (Å²) in [7, 11) is 0. The van der Waals surface area contributed by atoms with Gasteiger partial charge in [0.25, 0.3) is 0 Å². The molecule has 1 unspecified atom stereocenters. The van der Waals surface area contributed by atoms with Crippen LogP contribution in [-0.2, 0) is 0 Å². The van der Waals surface area contributed by atoms with Crippen molar-refractivity contribution in [2.75, 3.05) is 0 Å². The van der Waals surface area contributed by atoms with Crippen LogP contribution in [0.2, 0.25) is 0 Å². The molecule has 12 aliphatic rings. The highest BCUT2D eigenvalue weighted by molar-refractivity contribution is 5.31. The molecule has 28 atom stereocenters. The minimum atomic E-state index is -0.582. The largest absolute Gasteiger partial charge is 0.393 e. The van der Waals surface area contributed by atoms with E-state index in [1.54, 1.807) is 5.57 Å². The van der Waals surface area contributed by atoms with E-state index in [2.05, 4.69) is 144 Å². The van der Waals surface area contributed by atoms with Gasteiger partial charge in [0.15, 0.2) is 0 Å². The molecule has 6 heteroatoms. The highest BCUT2D eigenvalue weighted by Crippen LogP contribution is 2.73. The van der Waals surface area contributed by atoms with Crippen LogP contribution in [0.25, 0.3) is 0 Å². The Kier molecular flexibility index (Phi) is 21.4. The molecule has 0 bridgehead atoms. The van der Waals surface area contributed by atoms with Crippen LogP contribution in [0, 0.1) is 144 Å². The van der Waals surface area contributed by atoms with Gasteiger partial charge in [-0.25, -0.2) is 0 Å². The molecule has 0 aromatic rings. The Hall–Kier alpha value is -0.760. The molecule has 0 heterocycles. The third kappa shape index (κ3) is 14.1. The third-order valence-corrected chi connectivity index (χ3v) is 33.9. The highest BCUT2D eigenvalue weighted by atomic mass is 16.3. The van der Waals surface area contributed by atoms with Crippen molar-refractivity contribution in [3.05, 3.63) is 23.3 Å². The molecule has 6 N–H and O–H groups in total. The Morgan fingerprint density at radius 2 is 0.817 bits per heavy atom. The van der Waals surface area contributed by atoms with Gasteiger partial charge in [0.1, 0.15) is 0 Å². The van der Waals surface area contributed by atoms with Gasteiger partial charge in [-0.05, 0) is 357 Å². The molecule has 10 saturated carbocycles. The summed E-state index contributed by atoms with van der Waals surface area (Å²) in [5.41, 5.74) is 3.85. The van der Waals surface area contributed by atoms with E-state index in [4.69, 9.17) is 0 Å².